The van der Waals surface area contributed by atoms with Gasteiger partial charge in [-0.15, -0.1) is 0 Å². The van der Waals surface area contributed by atoms with Gasteiger partial charge in [-0.2, -0.15) is 0 Å². The zero-order valence-corrected chi connectivity index (χ0v) is 13.6. The van der Waals surface area contributed by atoms with Crippen LogP contribution in [0.3, 0.4) is 0 Å². The fraction of sp³-hybridized carbons (Fsp3) is 0.750. The molecule has 1 aliphatic rings. The van der Waals surface area contributed by atoms with Crippen molar-refractivity contribution in [3.8, 4) is 0 Å². The zero-order valence-electron chi connectivity index (χ0n) is 13.6. The average Bonchev–Trinajstić information content (AvgIpc) is 2.45. The minimum Gasteiger partial charge on any atom is -0.379 e. The van der Waals surface area contributed by atoms with Crippen molar-refractivity contribution in [2.45, 2.75) is 39.7 Å². The van der Waals surface area contributed by atoms with Crippen LogP contribution in [0, 0.1) is 11.3 Å². The van der Waals surface area contributed by atoms with Crippen molar-refractivity contribution in [3.63, 3.8) is 0 Å². The van der Waals surface area contributed by atoms with Gasteiger partial charge in [-0.05, 0) is 24.3 Å². The van der Waals surface area contributed by atoms with Crippen LogP contribution in [0.5, 0.6) is 0 Å². The lowest BCUT2D eigenvalue weighted by atomic mass is 9.88. The molecule has 0 spiro atoms. The summed E-state index contributed by atoms with van der Waals surface area (Å²) in [7, 11) is 1.67. The van der Waals surface area contributed by atoms with Gasteiger partial charge in [-0.3, -0.25) is 9.59 Å². The highest BCUT2D eigenvalue weighted by Crippen LogP contribution is 2.22. The number of hydrogen-bond acceptors (Lipinski definition) is 3. The smallest absolute Gasteiger partial charge is 0.245 e. The molecule has 1 aliphatic heterocycles. The van der Waals surface area contributed by atoms with Crippen molar-refractivity contribution in [2.75, 3.05) is 26.7 Å². The van der Waals surface area contributed by atoms with Gasteiger partial charge in [-0.1, -0.05) is 27.4 Å². The minimum absolute atomic E-state index is 0.0103. The highest BCUT2D eigenvalue weighted by molar-refractivity contribution is 5.87. The number of amides is 2. The van der Waals surface area contributed by atoms with Crippen molar-refractivity contribution >= 4 is 11.8 Å². The monoisotopic (exact) mass is 296 g/mol. The minimum atomic E-state index is -0.0546. The standard InChI is InChI=1S/C16H28N2O3/c1-6-14(19)18-9-7-12(8-10-18)15(20)17-11-13(21-5)16(2,3)4/h6,12-13H,1,7-11H2,2-5H3,(H,17,20). The molecule has 1 heterocycles. The molecule has 0 radical (unpaired) electrons. The van der Waals surface area contributed by atoms with Crippen LogP contribution in [-0.2, 0) is 14.3 Å². The normalized spacial score (nSPS) is 18.2. The summed E-state index contributed by atoms with van der Waals surface area (Å²) in [4.78, 5) is 25.4. The summed E-state index contributed by atoms with van der Waals surface area (Å²) < 4.78 is 5.44. The first-order chi connectivity index (χ1) is 9.79. The van der Waals surface area contributed by atoms with Crippen LogP contribution >= 0.6 is 0 Å². The van der Waals surface area contributed by atoms with Gasteiger partial charge in [0.15, 0.2) is 0 Å². The summed E-state index contributed by atoms with van der Waals surface area (Å²) >= 11 is 0. The van der Waals surface area contributed by atoms with Crippen LogP contribution < -0.4 is 5.32 Å². The second kappa shape index (κ2) is 7.59. The topological polar surface area (TPSA) is 58.6 Å². The van der Waals surface area contributed by atoms with E-state index >= 15 is 0 Å². The Kier molecular flexibility index (Phi) is 6.40. The molecule has 1 fully saturated rings. The molecule has 2 amide bonds. The summed E-state index contributed by atoms with van der Waals surface area (Å²) in [5.74, 6) is -0.00983. The molecular formula is C16H28N2O3. The fourth-order valence-corrected chi connectivity index (χ4v) is 2.57. The molecule has 21 heavy (non-hydrogen) atoms. The molecule has 0 saturated carbocycles. The Morgan fingerprint density at radius 2 is 1.95 bits per heavy atom. The summed E-state index contributed by atoms with van der Waals surface area (Å²) in [6.07, 6.45) is 2.73. The van der Waals surface area contributed by atoms with Gasteiger partial charge in [0.25, 0.3) is 0 Å². The molecule has 0 aromatic rings. The molecule has 0 bridgehead atoms. The van der Waals surface area contributed by atoms with Crippen LogP contribution in [0.2, 0.25) is 0 Å². The van der Waals surface area contributed by atoms with Crippen molar-refractivity contribution in [3.05, 3.63) is 12.7 Å². The molecule has 0 aliphatic carbocycles. The van der Waals surface area contributed by atoms with Gasteiger partial charge in [0.05, 0.1) is 6.10 Å². The van der Waals surface area contributed by atoms with E-state index in [1.165, 1.54) is 6.08 Å². The third-order valence-electron chi connectivity index (χ3n) is 4.06. The highest BCUT2D eigenvalue weighted by atomic mass is 16.5. The number of nitrogens with zero attached hydrogens (tertiary/aromatic N) is 1. The lowest BCUT2D eigenvalue weighted by molar-refractivity contribution is -0.132. The van der Waals surface area contributed by atoms with Gasteiger partial charge < -0.3 is 15.0 Å². The molecule has 0 aromatic heterocycles. The maximum atomic E-state index is 12.2. The van der Waals surface area contributed by atoms with Crippen LogP contribution in [0.1, 0.15) is 33.6 Å². The molecule has 0 aromatic carbocycles. The van der Waals surface area contributed by atoms with E-state index in [2.05, 4.69) is 32.7 Å². The SMILES string of the molecule is C=CC(=O)N1CCC(C(=O)NCC(OC)C(C)(C)C)CC1. The van der Waals surface area contributed by atoms with E-state index in [9.17, 15) is 9.59 Å². The van der Waals surface area contributed by atoms with E-state index in [4.69, 9.17) is 4.74 Å². The van der Waals surface area contributed by atoms with Gasteiger partial charge in [0.2, 0.25) is 11.8 Å². The number of carbonyl (C=O) groups excluding carboxylic acids is 2. The Balaban J connectivity index is 2.41. The Hall–Kier alpha value is -1.36. The van der Waals surface area contributed by atoms with Crippen LogP contribution in [0.15, 0.2) is 12.7 Å². The number of nitrogens with one attached hydrogen (secondary N) is 1. The summed E-state index contributed by atoms with van der Waals surface area (Å²) in [5.41, 5.74) is -0.0121. The number of rotatable bonds is 5. The molecule has 1 atom stereocenters. The third-order valence-corrected chi connectivity index (χ3v) is 4.06. The zero-order chi connectivity index (χ0) is 16.0. The first-order valence-electron chi connectivity index (χ1n) is 7.51. The predicted octanol–water partition coefficient (Wildman–Crippen LogP) is 1.59. The van der Waals surface area contributed by atoms with Crippen molar-refractivity contribution in [2.24, 2.45) is 11.3 Å². The first-order valence-corrected chi connectivity index (χ1v) is 7.51. The predicted molar refractivity (Wildman–Crippen MR) is 82.8 cm³/mol. The highest BCUT2D eigenvalue weighted by Gasteiger charge is 2.29. The average molecular weight is 296 g/mol. The van der Waals surface area contributed by atoms with E-state index in [0.717, 1.165) is 0 Å². The van der Waals surface area contributed by atoms with Gasteiger partial charge in [0.1, 0.15) is 0 Å². The number of ether oxygens (including phenoxy) is 1. The lowest BCUT2D eigenvalue weighted by Gasteiger charge is -2.32. The second-order valence-electron chi connectivity index (χ2n) is 6.64. The molecular weight excluding hydrogens is 268 g/mol. The molecule has 1 rings (SSSR count). The number of methoxy groups -OCH3 is 1. The second-order valence-corrected chi connectivity index (χ2v) is 6.64. The van der Waals surface area contributed by atoms with Crippen molar-refractivity contribution < 1.29 is 14.3 Å². The Morgan fingerprint density at radius 1 is 1.38 bits per heavy atom. The maximum absolute atomic E-state index is 12.2. The molecule has 1 unspecified atom stereocenters. The number of likely N-dealkylation sites (tertiary alicyclic amines) is 1. The Bertz CT molecular complexity index is 379. The van der Waals surface area contributed by atoms with Crippen molar-refractivity contribution in [1.29, 1.82) is 0 Å². The number of piperidine rings is 1. The van der Waals surface area contributed by atoms with E-state index in [-0.39, 0.29) is 29.3 Å². The fourth-order valence-electron chi connectivity index (χ4n) is 2.57. The van der Waals surface area contributed by atoms with Crippen LogP contribution in [-0.4, -0.2) is 49.6 Å². The number of hydrogen-bond donors (Lipinski definition) is 1. The van der Waals surface area contributed by atoms with Crippen molar-refractivity contribution in [1.82, 2.24) is 10.2 Å². The molecule has 5 heteroatoms. The quantitative estimate of drug-likeness (QED) is 0.784. The number of carbonyl (C=O) groups is 2. The van der Waals surface area contributed by atoms with Gasteiger partial charge in [0, 0.05) is 32.7 Å². The summed E-state index contributed by atoms with van der Waals surface area (Å²) in [6, 6.07) is 0. The Morgan fingerprint density at radius 3 is 2.38 bits per heavy atom. The summed E-state index contributed by atoms with van der Waals surface area (Å²) in [6.45, 7) is 11.5. The first kappa shape index (κ1) is 17.7. The summed E-state index contributed by atoms with van der Waals surface area (Å²) in [5, 5.41) is 2.98. The van der Waals surface area contributed by atoms with E-state index < -0.39 is 0 Å². The molecule has 5 nitrogen and oxygen atoms in total. The maximum Gasteiger partial charge on any atom is 0.245 e. The molecule has 1 saturated heterocycles. The lowest BCUT2D eigenvalue weighted by Crippen LogP contribution is -2.46. The van der Waals surface area contributed by atoms with Crippen LogP contribution in [0.25, 0.3) is 0 Å². The van der Waals surface area contributed by atoms with E-state index in [1.54, 1.807) is 12.0 Å². The van der Waals surface area contributed by atoms with Gasteiger partial charge in [-0.25, -0.2) is 0 Å². The Labute approximate surface area is 127 Å². The third kappa shape index (κ3) is 5.16. The van der Waals surface area contributed by atoms with Gasteiger partial charge >= 0.3 is 0 Å². The molecule has 120 valence electrons. The van der Waals surface area contributed by atoms with E-state index in [0.29, 0.717) is 32.5 Å². The van der Waals surface area contributed by atoms with Crippen LogP contribution in [0.4, 0.5) is 0 Å². The van der Waals surface area contributed by atoms with E-state index in [1.807, 2.05) is 0 Å². The molecule has 1 N–H and O–H groups in total. The largest absolute Gasteiger partial charge is 0.379 e.